The smallest absolute Gasteiger partial charge is 0.303 e. The molecule has 2 rings (SSSR count). The third-order valence-corrected chi connectivity index (χ3v) is 1.89. The molecule has 82 valence electrons. The molecule has 15 heavy (non-hydrogen) atoms. The highest BCUT2D eigenvalue weighted by molar-refractivity contribution is 7.45. The van der Waals surface area contributed by atoms with Gasteiger partial charge in [-0.05, 0) is 12.1 Å². The van der Waals surface area contributed by atoms with Gasteiger partial charge in [-0.3, -0.25) is 0 Å². The normalized spacial score (nSPS) is 10.9. The fourth-order valence-electron chi connectivity index (χ4n) is 0.780. The first-order valence-corrected chi connectivity index (χ1v) is 6.23. The zero-order chi connectivity index (χ0) is 11.5. The molecule has 1 aromatic heterocycles. The minimum atomic E-state index is -4.64. The Kier molecular flexibility index (Phi) is 3.79. The van der Waals surface area contributed by atoms with Crippen LogP contribution in [0.25, 0.3) is 11.2 Å². The van der Waals surface area contributed by atoms with E-state index in [0.29, 0.717) is 11.2 Å². The summed E-state index contributed by atoms with van der Waals surface area (Å²) in [5.74, 6) is 0. The van der Waals surface area contributed by atoms with Gasteiger partial charge in [-0.1, -0.05) is 12.1 Å². The fourth-order valence-corrected chi connectivity index (χ4v) is 1.44. The van der Waals surface area contributed by atoms with Crippen LogP contribution in [-0.2, 0) is 9.13 Å². The second kappa shape index (κ2) is 4.70. The van der Waals surface area contributed by atoms with E-state index in [4.69, 9.17) is 27.6 Å². The molecule has 9 heteroatoms. The van der Waals surface area contributed by atoms with Crippen molar-refractivity contribution < 1.29 is 32.2 Å². The lowest BCUT2D eigenvalue weighted by atomic mass is 10.3. The largest absolute Gasteiger partial charge is 0.805 e. The van der Waals surface area contributed by atoms with Crippen LogP contribution in [0.2, 0.25) is 0 Å². The maximum Gasteiger partial charge on any atom is 0.805 e. The van der Waals surface area contributed by atoms with E-state index in [9.17, 15) is 4.57 Å². The molecule has 3 N–H and O–H groups in total. The predicted molar refractivity (Wildman–Crippen MR) is 50.3 cm³/mol. The zero-order valence-corrected chi connectivity index (χ0v) is 8.97. The van der Waals surface area contributed by atoms with Crippen molar-refractivity contribution >= 4 is 26.9 Å². The molecule has 0 saturated carbocycles. The number of hydrogen-bond donors (Lipinski definition) is 3. The summed E-state index contributed by atoms with van der Waals surface area (Å²) in [4.78, 5) is 21.6. The second-order valence-corrected chi connectivity index (χ2v) is 4.21. The summed E-state index contributed by atoms with van der Waals surface area (Å²) in [5, 5.41) is 0. The summed E-state index contributed by atoms with van der Waals surface area (Å²) in [5.41, 5.74) is 1.12. The van der Waals surface area contributed by atoms with Crippen LogP contribution < -0.4 is 0 Å². The lowest BCUT2D eigenvalue weighted by molar-refractivity contribution is 0.275. The van der Waals surface area contributed by atoms with Gasteiger partial charge in [0.25, 0.3) is 0 Å². The molecule has 0 fully saturated rings. The van der Waals surface area contributed by atoms with Crippen LogP contribution in [0.15, 0.2) is 32.7 Å². The van der Waals surface area contributed by atoms with Crippen LogP contribution in [0, 0.1) is 0 Å². The van der Waals surface area contributed by atoms with Crippen LogP contribution in [0.3, 0.4) is 0 Å². The first-order chi connectivity index (χ1) is 6.86. The Morgan fingerprint density at radius 1 is 1.07 bits per heavy atom. The van der Waals surface area contributed by atoms with E-state index in [1.165, 1.54) is 0 Å². The highest BCUT2D eigenvalue weighted by Gasteiger charge is 2.11. The van der Waals surface area contributed by atoms with E-state index < -0.39 is 15.7 Å². The first kappa shape index (κ1) is 12.1. The quantitative estimate of drug-likeness (QED) is 0.612. The summed E-state index contributed by atoms with van der Waals surface area (Å²) >= 11 is 0. The van der Waals surface area contributed by atoms with Crippen molar-refractivity contribution in [2.24, 2.45) is 0 Å². The van der Waals surface area contributed by atoms with Gasteiger partial charge in [0, 0.05) is 4.57 Å². The summed E-state index contributed by atoms with van der Waals surface area (Å²) < 4.78 is 29.1. The standard InChI is InChI=1S/C6H4O3P.H3O4P/c7-10-8-5-3-1-2-4-6(5)9-10;1-5(2,3)4/h1-4H;(H3,1,2,3,4)/q+1;. The Bertz CT molecular complexity index is 491. The minimum absolute atomic E-state index is 0.559. The first-order valence-electron chi connectivity index (χ1n) is 3.57. The van der Waals surface area contributed by atoms with Gasteiger partial charge in [0.1, 0.15) is 0 Å². The second-order valence-electron chi connectivity index (χ2n) is 2.37. The molecule has 1 heterocycles. The number of hydrogen-bond acceptors (Lipinski definition) is 4. The van der Waals surface area contributed by atoms with Gasteiger partial charge in [0.05, 0.1) is 0 Å². The summed E-state index contributed by atoms with van der Waals surface area (Å²) in [6.45, 7) is 0. The van der Waals surface area contributed by atoms with E-state index in [1.807, 2.05) is 0 Å². The third-order valence-electron chi connectivity index (χ3n) is 1.19. The summed E-state index contributed by atoms with van der Waals surface area (Å²) in [6.07, 6.45) is 0. The van der Waals surface area contributed by atoms with Gasteiger partial charge in [0.2, 0.25) is 11.2 Å². The summed E-state index contributed by atoms with van der Waals surface area (Å²) in [6, 6.07) is 7.04. The molecule has 7 nitrogen and oxygen atoms in total. The molecule has 0 atom stereocenters. The SMILES string of the molecule is O=P(O)(O)O.O=[p+]1oc2ccccc2o1. The number of phosphoric acid groups is 1. The maximum atomic E-state index is 10.6. The van der Waals surface area contributed by atoms with Crippen molar-refractivity contribution in [3.8, 4) is 0 Å². The van der Waals surface area contributed by atoms with Gasteiger partial charge >= 0.3 is 15.7 Å². The molecule has 0 saturated heterocycles. The molecule has 0 aliphatic rings. The van der Waals surface area contributed by atoms with E-state index in [0.717, 1.165) is 0 Å². The van der Waals surface area contributed by atoms with Crippen molar-refractivity contribution in [3.63, 3.8) is 0 Å². The Morgan fingerprint density at radius 2 is 1.40 bits per heavy atom. The molecular formula is C6H7O7P2+. The van der Waals surface area contributed by atoms with E-state index in [1.54, 1.807) is 24.3 Å². The molecular weight excluding hydrogens is 246 g/mol. The maximum absolute atomic E-state index is 10.6. The Balaban J connectivity index is 0.000000195. The van der Waals surface area contributed by atoms with Gasteiger partial charge < -0.3 is 14.7 Å². The number of para-hydroxylation sites is 2. The van der Waals surface area contributed by atoms with Gasteiger partial charge in [-0.2, -0.15) is 0 Å². The molecule has 0 aliphatic heterocycles. The highest BCUT2D eigenvalue weighted by Crippen LogP contribution is 2.26. The van der Waals surface area contributed by atoms with Crippen molar-refractivity contribution in [2.75, 3.05) is 0 Å². The lowest BCUT2D eigenvalue weighted by Crippen LogP contribution is -1.66. The van der Waals surface area contributed by atoms with E-state index in [-0.39, 0.29) is 0 Å². The molecule has 2 aromatic rings. The van der Waals surface area contributed by atoms with Crippen molar-refractivity contribution in [1.29, 1.82) is 0 Å². The zero-order valence-electron chi connectivity index (χ0n) is 7.18. The van der Waals surface area contributed by atoms with Gasteiger partial charge in [-0.15, -0.1) is 0 Å². The summed E-state index contributed by atoms with van der Waals surface area (Å²) in [7, 11) is -6.58. The van der Waals surface area contributed by atoms with Gasteiger partial charge in [-0.25, -0.2) is 13.0 Å². The Labute approximate surface area is 84.1 Å². The van der Waals surface area contributed by atoms with Crippen molar-refractivity contribution in [2.45, 2.75) is 0 Å². The molecule has 0 amide bonds. The van der Waals surface area contributed by atoms with Crippen LogP contribution in [0.5, 0.6) is 0 Å². The third kappa shape index (κ3) is 4.88. The number of benzene rings is 1. The predicted octanol–water partition coefficient (Wildman–Crippen LogP) is 1.84. The van der Waals surface area contributed by atoms with Crippen molar-refractivity contribution in [3.05, 3.63) is 24.3 Å². The monoisotopic (exact) mass is 253 g/mol. The fraction of sp³-hybridized carbons (Fsp3) is 0. The van der Waals surface area contributed by atoms with Gasteiger partial charge in [0.15, 0.2) is 0 Å². The lowest BCUT2D eigenvalue weighted by Gasteiger charge is -1.82. The van der Waals surface area contributed by atoms with E-state index in [2.05, 4.69) is 0 Å². The van der Waals surface area contributed by atoms with E-state index >= 15 is 0 Å². The van der Waals surface area contributed by atoms with Crippen molar-refractivity contribution in [1.82, 2.24) is 0 Å². The minimum Gasteiger partial charge on any atom is -0.303 e. The molecule has 0 unspecified atom stereocenters. The molecule has 1 aromatic carbocycles. The van der Waals surface area contributed by atoms with Crippen LogP contribution in [0.1, 0.15) is 0 Å². The van der Waals surface area contributed by atoms with Crippen LogP contribution in [0.4, 0.5) is 0 Å². The molecule has 0 bridgehead atoms. The van der Waals surface area contributed by atoms with Crippen LogP contribution >= 0.6 is 15.7 Å². The Morgan fingerprint density at radius 3 is 1.73 bits per heavy atom. The number of fused-ring (bicyclic) bond motifs is 1. The number of rotatable bonds is 0. The molecule has 0 aliphatic carbocycles. The average Bonchev–Trinajstić information content (AvgIpc) is 2.40. The average molecular weight is 253 g/mol. The topological polar surface area (TPSA) is 121 Å². The molecule has 0 spiro atoms. The highest BCUT2D eigenvalue weighted by atomic mass is 31.2. The Hall–Kier alpha value is -0.970. The molecule has 0 radical (unpaired) electrons. The van der Waals surface area contributed by atoms with Crippen LogP contribution in [-0.4, -0.2) is 14.7 Å².